The molecular weight excluding hydrogens is 286 g/mol. The molecule has 0 radical (unpaired) electrons. The van der Waals surface area contributed by atoms with Crippen molar-refractivity contribution in [1.82, 2.24) is 5.32 Å². The average molecular weight is 314 g/mol. The predicted octanol–water partition coefficient (Wildman–Crippen LogP) is 3.55. The molecule has 1 aromatic rings. The molecule has 4 heteroatoms. The first-order valence-electron chi connectivity index (χ1n) is 7.78. The summed E-state index contributed by atoms with van der Waals surface area (Å²) in [7, 11) is 1.69. The van der Waals surface area contributed by atoms with Crippen LogP contribution in [0.5, 0.6) is 0 Å². The lowest BCUT2D eigenvalue weighted by Crippen LogP contribution is -2.26. The molecule has 3 nitrogen and oxygen atoms in total. The zero-order valence-electron chi connectivity index (χ0n) is 13.2. The number of rotatable bonds is 12. The molecule has 0 bridgehead atoms. The van der Waals surface area contributed by atoms with Gasteiger partial charge in [-0.25, -0.2) is 0 Å². The molecule has 1 unspecified atom stereocenters. The molecule has 1 aromatic carbocycles. The van der Waals surface area contributed by atoms with Crippen molar-refractivity contribution in [3.8, 4) is 0 Å². The molecule has 0 spiro atoms. The van der Waals surface area contributed by atoms with Crippen molar-refractivity contribution in [1.29, 1.82) is 0 Å². The van der Waals surface area contributed by atoms with Crippen LogP contribution in [-0.4, -0.2) is 40.0 Å². The lowest BCUT2D eigenvalue weighted by Gasteiger charge is -2.18. The van der Waals surface area contributed by atoms with Gasteiger partial charge < -0.3 is 14.8 Å². The topological polar surface area (TPSA) is 30.5 Å². The van der Waals surface area contributed by atoms with Crippen molar-refractivity contribution in [3.63, 3.8) is 0 Å². The minimum atomic E-state index is 0.567. The highest BCUT2D eigenvalue weighted by molar-refractivity contribution is 6.30. The fraction of sp³-hybridized carbons (Fsp3) is 0.647. The largest absolute Gasteiger partial charge is 0.382 e. The Balaban J connectivity index is 2.39. The second-order valence-electron chi connectivity index (χ2n) is 5.30. The number of benzene rings is 1. The molecule has 0 saturated carbocycles. The quantitative estimate of drug-likeness (QED) is 0.599. The molecule has 0 amide bonds. The number of halogens is 1. The van der Waals surface area contributed by atoms with Gasteiger partial charge in [0, 0.05) is 18.7 Å². The highest BCUT2D eigenvalue weighted by Crippen LogP contribution is 2.16. The van der Waals surface area contributed by atoms with Gasteiger partial charge in [-0.3, -0.25) is 0 Å². The number of ether oxygens (including phenoxy) is 2. The number of hydrogen-bond acceptors (Lipinski definition) is 3. The molecular formula is C17H28ClNO2. The summed E-state index contributed by atoms with van der Waals surface area (Å²) in [6, 6.07) is 8.14. The molecule has 1 N–H and O–H groups in total. The molecule has 0 aliphatic carbocycles. The molecule has 120 valence electrons. The number of nitrogens with one attached hydrogen (secondary N) is 1. The molecule has 1 atom stereocenters. The van der Waals surface area contributed by atoms with Gasteiger partial charge in [-0.05, 0) is 56.0 Å². The third-order valence-electron chi connectivity index (χ3n) is 3.38. The molecule has 21 heavy (non-hydrogen) atoms. The van der Waals surface area contributed by atoms with E-state index in [1.807, 2.05) is 12.1 Å². The summed E-state index contributed by atoms with van der Waals surface area (Å²) in [5.74, 6) is 0.567. The van der Waals surface area contributed by atoms with Gasteiger partial charge in [-0.15, -0.1) is 0 Å². The Morgan fingerprint density at radius 1 is 1.24 bits per heavy atom. The van der Waals surface area contributed by atoms with Crippen molar-refractivity contribution < 1.29 is 9.47 Å². The van der Waals surface area contributed by atoms with E-state index in [1.165, 1.54) is 5.56 Å². The predicted molar refractivity (Wildman–Crippen MR) is 89.1 cm³/mol. The van der Waals surface area contributed by atoms with E-state index in [9.17, 15) is 0 Å². The third kappa shape index (κ3) is 9.10. The van der Waals surface area contributed by atoms with E-state index in [-0.39, 0.29) is 0 Å². The van der Waals surface area contributed by atoms with Gasteiger partial charge >= 0.3 is 0 Å². The summed E-state index contributed by atoms with van der Waals surface area (Å²) in [6.07, 6.45) is 3.24. The van der Waals surface area contributed by atoms with Crippen LogP contribution in [0.2, 0.25) is 5.02 Å². The minimum absolute atomic E-state index is 0.567. The van der Waals surface area contributed by atoms with Gasteiger partial charge in [0.15, 0.2) is 0 Å². The van der Waals surface area contributed by atoms with Crippen LogP contribution in [0.1, 0.15) is 25.3 Å². The van der Waals surface area contributed by atoms with E-state index < -0.39 is 0 Å². The molecule has 0 saturated heterocycles. The Morgan fingerprint density at radius 2 is 2.10 bits per heavy atom. The van der Waals surface area contributed by atoms with Gasteiger partial charge in [0.25, 0.3) is 0 Å². The lowest BCUT2D eigenvalue weighted by atomic mass is 9.96. The highest BCUT2D eigenvalue weighted by atomic mass is 35.5. The number of methoxy groups -OCH3 is 1. The van der Waals surface area contributed by atoms with Crippen molar-refractivity contribution >= 4 is 11.6 Å². The lowest BCUT2D eigenvalue weighted by molar-refractivity contribution is 0.0636. The van der Waals surface area contributed by atoms with Crippen molar-refractivity contribution in [2.45, 2.75) is 26.2 Å². The van der Waals surface area contributed by atoms with E-state index in [2.05, 4.69) is 24.4 Å². The van der Waals surface area contributed by atoms with Crippen LogP contribution in [0.4, 0.5) is 0 Å². The van der Waals surface area contributed by atoms with Gasteiger partial charge in [-0.2, -0.15) is 0 Å². The van der Waals surface area contributed by atoms with E-state index in [1.54, 1.807) is 7.11 Å². The van der Waals surface area contributed by atoms with E-state index in [0.29, 0.717) is 19.1 Å². The highest BCUT2D eigenvalue weighted by Gasteiger charge is 2.10. The Morgan fingerprint density at radius 3 is 2.81 bits per heavy atom. The van der Waals surface area contributed by atoms with Crippen LogP contribution in [0.15, 0.2) is 24.3 Å². The van der Waals surface area contributed by atoms with E-state index in [0.717, 1.165) is 44.0 Å². The fourth-order valence-corrected chi connectivity index (χ4v) is 2.46. The summed E-state index contributed by atoms with van der Waals surface area (Å²) >= 11 is 6.06. The van der Waals surface area contributed by atoms with E-state index in [4.69, 9.17) is 21.1 Å². The average Bonchev–Trinajstić information content (AvgIpc) is 2.47. The van der Waals surface area contributed by atoms with Crippen LogP contribution in [-0.2, 0) is 15.9 Å². The van der Waals surface area contributed by atoms with Crippen molar-refractivity contribution in [3.05, 3.63) is 34.9 Å². The molecule has 0 heterocycles. The summed E-state index contributed by atoms with van der Waals surface area (Å²) in [6.45, 7) is 6.38. The number of hydrogen-bond donors (Lipinski definition) is 1. The van der Waals surface area contributed by atoms with Crippen LogP contribution in [0.25, 0.3) is 0 Å². The Bertz CT molecular complexity index is 374. The molecule has 0 fully saturated rings. The van der Waals surface area contributed by atoms with Crippen LogP contribution < -0.4 is 5.32 Å². The normalized spacial score (nSPS) is 12.5. The zero-order chi connectivity index (χ0) is 15.3. The van der Waals surface area contributed by atoms with Gasteiger partial charge in [0.2, 0.25) is 0 Å². The standard InChI is InChI=1S/C17H28ClNO2/c1-3-8-19-14-16(7-9-21-11-10-20-2)12-15-5-4-6-17(18)13-15/h4-6,13,16,19H,3,7-12,14H2,1-2H3. The van der Waals surface area contributed by atoms with E-state index >= 15 is 0 Å². The fourth-order valence-electron chi connectivity index (χ4n) is 2.25. The Labute approximate surface area is 134 Å². The second-order valence-corrected chi connectivity index (χ2v) is 5.73. The maximum atomic E-state index is 6.06. The summed E-state index contributed by atoms with van der Waals surface area (Å²) in [4.78, 5) is 0. The summed E-state index contributed by atoms with van der Waals surface area (Å²) in [5, 5.41) is 4.32. The van der Waals surface area contributed by atoms with Crippen molar-refractivity contribution in [2.75, 3.05) is 40.0 Å². The van der Waals surface area contributed by atoms with Gasteiger partial charge in [0.1, 0.15) is 0 Å². The van der Waals surface area contributed by atoms with Gasteiger partial charge in [0.05, 0.1) is 13.2 Å². The Hall–Kier alpha value is -0.610. The second kappa shape index (κ2) is 12.0. The maximum absolute atomic E-state index is 6.06. The van der Waals surface area contributed by atoms with Crippen molar-refractivity contribution in [2.24, 2.45) is 5.92 Å². The first-order valence-corrected chi connectivity index (χ1v) is 8.16. The monoisotopic (exact) mass is 313 g/mol. The smallest absolute Gasteiger partial charge is 0.0700 e. The Kier molecular flexibility index (Phi) is 10.5. The van der Waals surface area contributed by atoms with Gasteiger partial charge in [-0.1, -0.05) is 30.7 Å². The first kappa shape index (κ1) is 18.4. The maximum Gasteiger partial charge on any atom is 0.0700 e. The first-order chi connectivity index (χ1) is 10.3. The molecule has 0 aromatic heterocycles. The van der Waals surface area contributed by atoms with Crippen LogP contribution in [0.3, 0.4) is 0 Å². The zero-order valence-corrected chi connectivity index (χ0v) is 14.0. The SMILES string of the molecule is CCCNCC(CCOCCOC)Cc1cccc(Cl)c1. The third-order valence-corrected chi connectivity index (χ3v) is 3.61. The summed E-state index contributed by atoms with van der Waals surface area (Å²) < 4.78 is 10.6. The van der Waals surface area contributed by atoms with Crippen LogP contribution >= 0.6 is 11.6 Å². The summed E-state index contributed by atoms with van der Waals surface area (Å²) in [5.41, 5.74) is 1.29. The molecule has 0 aliphatic rings. The molecule has 0 aliphatic heterocycles. The minimum Gasteiger partial charge on any atom is -0.382 e. The molecule has 1 rings (SSSR count). The van der Waals surface area contributed by atoms with Crippen LogP contribution in [0, 0.1) is 5.92 Å².